The fourth-order valence-electron chi connectivity index (χ4n) is 2.55. The Balaban J connectivity index is 1.86. The fraction of sp³-hybridized carbons (Fsp3) is 0.235. The molecule has 1 atom stereocenters. The van der Waals surface area contributed by atoms with E-state index in [1.54, 1.807) is 11.8 Å². The maximum atomic E-state index is 10.7. The van der Waals surface area contributed by atoms with Crippen LogP contribution in [0.3, 0.4) is 0 Å². The van der Waals surface area contributed by atoms with E-state index in [2.05, 4.69) is 15.5 Å². The van der Waals surface area contributed by atoms with Crippen molar-refractivity contribution in [3.8, 4) is 5.75 Å². The Kier molecular flexibility index (Phi) is 4.83. The van der Waals surface area contributed by atoms with Crippen molar-refractivity contribution in [2.45, 2.75) is 19.2 Å². The van der Waals surface area contributed by atoms with Crippen LogP contribution in [0.15, 0.2) is 48.5 Å². The molecule has 0 aliphatic heterocycles. The van der Waals surface area contributed by atoms with Crippen LogP contribution in [0.5, 0.6) is 5.75 Å². The lowest BCUT2D eigenvalue weighted by Gasteiger charge is -2.14. The van der Waals surface area contributed by atoms with Crippen LogP contribution in [0.1, 0.15) is 28.6 Å². The maximum absolute atomic E-state index is 10.7. The SMILES string of the molecule is COc1ccc(Cn2nnnc2C(O)c2ccccc2CN)cc1. The second kappa shape index (κ2) is 7.20. The van der Waals surface area contributed by atoms with Crippen molar-refractivity contribution in [1.82, 2.24) is 20.2 Å². The zero-order valence-electron chi connectivity index (χ0n) is 13.3. The molecule has 0 aliphatic rings. The van der Waals surface area contributed by atoms with Gasteiger partial charge in [0.1, 0.15) is 11.9 Å². The Morgan fingerprint density at radius 3 is 2.62 bits per heavy atom. The molecule has 0 spiro atoms. The van der Waals surface area contributed by atoms with E-state index in [1.807, 2.05) is 48.5 Å². The molecule has 0 saturated carbocycles. The lowest BCUT2D eigenvalue weighted by molar-refractivity contribution is 0.202. The van der Waals surface area contributed by atoms with Gasteiger partial charge >= 0.3 is 0 Å². The van der Waals surface area contributed by atoms with Gasteiger partial charge in [-0.2, -0.15) is 0 Å². The molecule has 3 rings (SSSR count). The second-order valence-corrected chi connectivity index (χ2v) is 5.35. The van der Waals surface area contributed by atoms with Gasteiger partial charge in [-0.05, 0) is 39.2 Å². The topological polar surface area (TPSA) is 99.1 Å². The van der Waals surface area contributed by atoms with Crippen molar-refractivity contribution in [2.75, 3.05) is 7.11 Å². The monoisotopic (exact) mass is 325 g/mol. The molecule has 7 nitrogen and oxygen atoms in total. The zero-order chi connectivity index (χ0) is 16.9. The van der Waals surface area contributed by atoms with E-state index in [0.717, 1.165) is 16.9 Å². The molecule has 0 radical (unpaired) electrons. The van der Waals surface area contributed by atoms with Crippen LogP contribution >= 0.6 is 0 Å². The van der Waals surface area contributed by atoms with Crippen molar-refractivity contribution in [3.63, 3.8) is 0 Å². The molecule has 0 amide bonds. The minimum absolute atomic E-state index is 0.341. The average molecular weight is 325 g/mol. The summed E-state index contributed by atoms with van der Waals surface area (Å²) < 4.78 is 6.73. The number of benzene rings is 2. The summed E-state index contributed by atoms with van der Waals surface area (Å²) in [6.45, 7) is 0.793. The van der Waals surface area contributed by atoms with Gasteiger partial charge in [0.25, 0.3) is 0 Å². The highest BCUT2D eigenvalue weighted by Gasteiger charge is 2.20. The van der Waals surface area contributed by atoms with Gasteiger partial charge in [-0.3, -0.25) is 0 Å². The lowest BCUT2D eigenvalue weighted by atomic mass is 10.0. The van der Waals surface area contributed by atoms with E-state index in [0.29, 0.717) is 24.5 Å². The normalized spacial score (nSPS) is 12.1. The van der Waals surface area contributed by atoms with Crippen molar-refractivity contribution < 1.29 is 9.84 Å². The number of tetrazole rings is 1. The Morgan fingerprint density at radius 2 is 1.92 bits per heavy atom. The summed E-state index contributed by atoms with van der Waals surface area (Å²) >= 11 is 0. The van der Waals surface area contributed by atoms with Gasteiger partial charge in [-0.1, -0.05) is 36.4 Å². The van der Waals surface area contributed by atoms with E-state index in [4.69, 9.17) is 10.5 Å². The van der Waals surface area contributed by atoms with Gasteiger partial charge in [-0.25, -0.2) is 4.68 Å². The first kappa shape index (κ1) is 16.1. The summed E-state index contributed by atoms with van der Waals surface area (Å²) in [5.74, 6) is 1.17. The van der Waals surface area contributed by atoms with Crippen LogP contribution < -0.4 is 10.5 Å². The average Bonchev–Trinajstić information content (AvgIpc) is 3.09. The van der Waals surface area contributed by atoms with Gasteiger partial charge in [0.15, 0.2) is 5.82 Å². The predicted molar refractivity (Wildman–Crippen MR) is 88.3 cm³/mol. The molecule has 2 aromatic carbocycles. The third-order valence-electron chi connectivity index (χ3n) is 3.87. The molecule has 24 heavy (non-hydrogen) atoms. The van der Waals surface area contributed by atoms with E-state index < -0.39 is 6.10 Å². The van der Waals surface area contributed by atoms with Gasteiger partial charge < -0.3 is 15.6 Å². The molecular formula is C17H19N5O2. The fourth-order valence-corrected chi connectivity index (χ4v) is 2.55. The maximum Gasteiger partial charge on any atom is 0.184 e. The number of nitrogens with two attached hydrogens (primary N) is 1. The highest BCUT2D eigenvalue weighted by molar-refractivity contribution is 5.32. The molecule has 0 fully saturated rings. The Labute approximate surface area is 139 Å². The largest absolute Gasteiger partial charge is 0.497 e. The summed E-state index contributed by atoms with van der Waals surface area (Å²) in [6.07, 6.45) is -0.932. The molecule has 0 aliphatic carbocycles. The van der Waals surface area contributed by atoms with Crippen LogP contribution in [-0.2, 0) is 13.1 Å². The van der Waals surface area contributed by atoms with E-state index in [-0.39, 0.29) is 0 Å². The molecule has 0 bridgehead atoms. The van der Waals surface area contributed by atoms with E-state index >= 15 is 0 Å². The van der Waals surface area contributed by atoms with Gasteiger partial charge in [0.05, 0.1) is 13.7 Å². The van der Waals surface area contributed by atoms with E-state index in [1.165, 1.54) is 0 Å². The molecule has 7 heteroatoms. The Hall–Kier alpha value is -2.77. The number of aliphatic hydroxyl groups excluding tert-OH is 1. The number of hydrogen-bond donors (Lipinski definition) is 2. The molecule has 0 saturated heterocycles. The van der Waals surface area contributed by atoms with Gasteiger partial charge in [0, 0.05) is 6.54 Å². The standard InChI is InChI=1S/C17H19N5O2/c1-24-14-8-6-12(7-9-14)11-22-17(19-20-21-22)16(23)15-5-3-2-4-13(15)10-18/h2-9,16,23H,10-11,18H2,1H3. The molecule has 3 aromatic rings. The highest BCUT2D eigenvalue weighted by Crippen LogP contribution is 2.23. The second-order valence-electron chi connectivity index (χ2n) is 5.35. The quantitative estimate of drug-likeness (QED) is 0.708. The molecule has 1 unspecified atom stereocenters. The number of rotatable bonds is 6. The minimum Gasteiger partial charge on any atom is -0.497 e. The first-order valence-corrected chi connectivity index (χ1v) is 7.58. The summed E-state index contributed by atoms with van der Waals surface area (Å²) in [7, 11) is 1.62. The van der Waals surface area contributed by atoms with E-state index in [9.17, 15) is 5.11 Å². The number of methoxy groups -OCH3 is 1. The number of nitrogens with zero attached hydrogens (tertiary/aromatic N) is 4. The van der Waals surface area contributed by atoms with Crippen molar-refractivity contribution in [1.29, 1.82) is 0 Å². The van der Waals surface area contributed by atoms with Gasteiger partial charge in [0.2, 0.25) is 0 Å². The van der Waals surface area contributed by atoms with Crippen LogP contribution in [0, 0.1) is 0 Å². The number of hydrogen-bond acceptors (Lipinski definition) is 6. The molecule has 1 aromatic heterocycles. The van der Waals surface area contributed by atoms with Crippen LogP contribution in [-0.4, -0.2) is 32.4 Å². The zero-order valence-corrected chi connectivity index (χ0v) is 13.3. The molecule has 1 heterocycles. The molecular weight excluding hydrogens is 306 g/mol. The minimum atomic E-state index is -0.932. The first-order valence-electron chi connectivity index (χ1n) is 7.58. The van der Waals surface area contributed by atoms with Gasteiger partial charge in [-0.15, -0.1) is 5.10 Å². The van der Waals surface area contributed by atoms with Crippen molar-refractivity contribution in [3.05, 3.63) is 71.0 Å². The third-order valence-corrected chi connectivity index (χ3v) is 3.87. The summed E-state index contributed by atoms with van der Waals surface area (Å²) in [4.78, 5) is 0. The third kappa shape index (κ3) is 3.27. The first-order chi connectivity index (χ1) is 11.7. The number of aliphatic hydroxyl groups is 1. The molecule has 124 valence electrons. The van der Waals surface area contributed by atoms with Crippen LogP contribution in [0.4, 0.5) is 0 Å². The summed E-state index contributed by atoms with van der Waals surface area (Å²) in [5, 5.41) is 22.4. The predicted octanol–water partition coefficient (Wildman–Crippen LogP) is 1.27. The number of aromatic nitrogens is 4. The summed E-state index contributed by atoms with van der Waals surface area (Å²) in [5.41, 5.74) is 8.33. The van der Waals surface area contributed by atoms with Crippen molar-refractivity contribution >= 4 is 0 Å². The Bertz CT molecular complexity index is 801. The summed E-state index contributed by atoms with van der Waals surface area (Å²) in [6, 6.07) is 15.1. The lowest BCUT2D eigenvalue weighted by Crippen LogP contribution is -2.14. The number of ether oxygens (including phenoxy) is 1. The highest BCUT2D eigenvalue weighted by atomic mass is 16.5. The molecule has 3 N–H and O–H groups in total. The van der Waals surface area contributed by atoms with Crippen LogP contribution in [0.2, 0.25) is 0 Å². The Morgan fingerprint density at radius 1 is 1.17 bits per heavy atom. The van der Waals surface area contributed by atoms with Crippen molar-refractivity contribution in [2.24, 2.45) is 5.73 Å². The van der Waals surface area contributed by atoms with Crippen LogP contribution in [0.25, 0.3) is 0 Å². The smallest absolute Gasteiger partial charge is 0.184 e.